The molecule has 1 aliphatic heterocycles. The lowest BCUT2D eigenvalue weighted by atomic mass is 10.1. The van der Waals surface area contributed by atoms with Crippen LogP contribution in [0.5, 0.6) is 0 Å². The second kappa shape index (κ2) is 5.11. The Kier molecular flexibility index (Phi) is 3.77. The van der Waals surface area contributed by atoms with E-state index < -0.39 is 0 Å². The van der Waals surface area contributed by atoms with Gasteiger partial charge in [0.15, 0.2) is 0 Å². The third-order valence-electron chi connectivity index (χ3n) is 3.35. The van der Waals surface area contributed by atoms with E-state index in [1.165, 1.54) is 17.9 Å². The Bertz CT molecular complexity index is 354. The first-order chi connectivity index (χ1) is 7.66. The van der Waals surface area contributed by atoms with Crippen LogP contribution in [0, 0.1) is 0 Å². The van der Waals surface area contributed by atoms with Crippen LogP contribution in [-0.4, -0.2) is 28.5 Å². The van der Waals surface area contributed by atoms with Crippen LogP contribution in [0.15, 0.2) is 24.3 Å². The summed E-state index contributed by atoms with van der Waals surface area (Å²) in [6.45, 7) is 6.85. The summed E-state index contributed by atoms with van der Waals surface area (Å²) < 4.78 is 0. The number of nitrogen functional groups attached to an aromatic ring is 1. The van der Waals surface area contributed by atoms with Gasteiger partial charge in [0.2, 0.25) is 0 Å². The van der Waals surface area contributed by atoms with Crippen LogP contribution < -0.4 is 5.73 Å². The van der Waals surface area contributed by atoms with Crippen LogP contribution in [0.4, 0.5) is 5.69 Å². The first-order valence-electron chi connectivity index (χ1n) is 5.87. The minimum Gasteiger partial charge on any atom is -0.399 e. The van der Waals surface area contributed by atoms with Gasteiger partial charge in [-0.1, -0.05) is 19.1 Å². The molecule has 3 heteroatoms. The van der Waals surface area contributed by atoms with Crippen molar-refractivity contribution in [2.75, 3.05) is 18.0 Å². The molecule has 2 N–H and O–H groups in total. The Labute approximate surface area is 102 Å². The molecular weight excluding hydrogens is 216 g/mol. The minimum absolute atomic E-state index is 0.653. The van der Waals surface area contributed by atoms with Gasteiger partial charge in [-0.3, -0.25) is 4.90 Å². The lowest BCUT2D eigenvalue weighted by Crippen LogP contribution is -2.43. The average molecular weight is 236 g/mol. The second-order valence-electron chi connectivity index (χ2n) is 4.53. The van der Waals surface area contributed by atoms with E-state index in [1.807, 2.05) is 12.1 Å². The quantitative estimate of drug-likeness (QED) is 0.800. The van der Waals surface area contributed by atoms with Gasteiger partial charge in [0.1, 0.15) is 0 Å². The van der Waals surface area contributed by atoms with Crippen molar-refractivity contribution in [3.05, 3.63) is 29.8 Å². The summed E-state index contributed by atoms with van der Waals surface area (Å²) in [5, 5.41) is 0.731. The Hall–Kier alpha value is -0.670. The zero-order valence-electron chi connectivity index (χ0n) is 10.0. The van der Waals surface area contributed by atoms with E-state index in [9.17, 15) is 0 Å². The Morgan fingerprint density at radius 2 is 2.25 bits per heavy atom. The summed E-state index contributed by atoms with van der Waals surface area (Å²) in [6, 6.07) is 8.88. The molecular formula is C13H20N2S. The van der Waals surface area contributed by atoms with Gasteiger partial charge in [0.05, 0.1) is 0 Å². The van der Waals surface area contributed by atoms with E-state index in [0.29, 0.717) is 6.04 Å². The zero-order chi connectivity index (χ0) is 11.5. The smallest absolute Gasteiger partial charge is 0.0317 e. The van der Waals surface area contributed by atoms with Crippen LogP contribution in [0.2, 0.25) is 0 Å². The molecule has 2 unspecified atom stereocenters. The molecule has 2 rings (SSSR count). The highest BCUT2D eigenvalue weighted by molar-refractivity contribution is 8.00. The molecule has 88 valence electrons. The molecule has 2 nitrogen and oxygen atoms in total. The van der Waals surface area contributed by atoms with Gasteiger partial charge in [0.25, 0.3) is 0 Å². The molecule has 0 radical (unpaired) electrons. The molecule has 0 spiro atoms. The SMILES string of the molecule is CC1SCCN(Cc2cccc(N)c2)C1C. The van der Waals surface area contributed by atoms with Crippen molar-refractivity contribution in [2.45, 2.75) is 31.7 Å². The van der Waals surface area contributed by atoms with Gasteiger partial charge in [-0.2, -0.15) is 11.8 Å². The molecule has 0 bridgehead atoms. The van der Waals surface area contributed by atoms with E-state index in [4.69, 9.17) is 5.73 Å². The highest BCUT2D eigenvalue weighted by Gasteiger charge is 2.24. The topological polar surface area (TPSA) is 29.3 Å². The lowest BCUT2D eigenvalue weighted by Gasteiger charge is -2.37. The number of hydrogen-bond acceptors (Lipinski definition) is 3. The summed E-state index contributed by atoms with van der Waals surface area (Å²) in [5.41, 5.74) is 7.99. The Morgan fingerprint density at radius 3 is 3.00 bits per heavy atom. The number of nitrogens with zero attached hydrogens (tertiary/aromatic N) is 1. The summed E-state index contributed by atoms with van der Waals surface area (Å²) in [4.78, 5) is 2.55. The van der Waals surface area contributed by atoms with Gasteiger partial charge in [-0.05, 0) is 24.6 Å². The number of benzene rings is 1. The molecule has 1 aromatic rings. The highest BCUT2D eigenvalue weighted by Crippen LogP contribution is 2.25. The third-order valence-corrected chi connectivity index (χ3v) is 4.69. The molecule has 16 heavy (non-hydrogen) atoms. The van der Waals surface area contributed by atoms with Crippen molar-refractivity contribution in [1.29, 1.82) is 0 Å². The van der Waals surface area contributed by atoms with E-state index in [-0.39, 0.29) is 0 Å². The summed E-state index contributed by atoms with van der Waals surface area (Å²) in [7, 11) is 0. The Morgan fingerprint density at radius 1 is 1.44 bits per heavy atom. The van der Waals surface area contributed by atoms with Crippen LogP contribution in [0.3, 0.4) is 0 Å². The average Bonchev–Trinajstić information content (AvgIpc) is 2.25. The monoisotopic (exact) mass is 236 g/mol. The summed E-state index contributed by atoms with van der Waals surface area (Å²) in [5.74, 6) is 1.24. The molecule has 1 saturated heterocycles. The lowest BCUT2D eigenvalue weighted by molar-refractivity contribution is 0.204. The van der Waals surface area contributed by atoms with Gasteiger partial charge in [-0.15, -0.1) is 0 Å². The van der Waals surface area contributed by atoms with Crippen LogP contribution >= 0.6 is 11.8 Å². The fraction of sp³-hybridized carbons (Fsp3) is 0.538. The van der Waals surface area contributed by atoms with Crippen LogP contribution in [0.25, 0.3) is 0 Å². The van der Waals surface area contributed by atoms with Crippen molar-refractivity contribution in [2.24, 2.45) is 0 Å². The number of thioether (sulfide) groups is 1. The molecule has 0 saturated carbocycles. The highest BCUT2D eigenvalue weighted by atomic mass is 32.2. The normalized spacial score (nSPS) is 26.9. The van der Waals surface area contributed by atoms with Crippen LogP contribution in [-0.2, 0) is 6.54 Å². The number of anilines is 1. The van der Waals surface area contributed by atoms with E-state index in [1.54, 1.807) is 0 Å². The fourth-order valence-corrected chi connectivity index (χ4v) is 3.31. The van der Waals surface area contributed by atoms with Gasteiger partial charge in [-0.25, -0.2) is 0 Å². The maximum Gasteiger partial charge on any atom is 0.0317 e. The van der Waals surface area contributed by atoms with Gasteiger partial charge >= 0.3 is 0 Å². The third kappa shape index (κ3) is 2.71. The van der Waals surface area contributed by atoms with E-state index in [2.05, 4.69) is 42.6 Å². The summed E-state index contributed by atoms with van der Waals surface area (Å²) >= 11 is 2.08. The molecule has 0 aromatic heterocycles. The van der Waals surface area contributed by atoms with Crippen molar-refractivity contribution < 1.29 is 0 Å². The zero-order valence-corrected chi connectivity index (χ0v) is 10.8. The fourth-order valence-electron chi connectivity index (χ4n) is 2.14. The predicted octanol–water partition coefficient (Wildman–Crippen LogP) is 2.59. The number of nitrogens with two attached hydrogens (primary N) is 1. The molecule has 0 amide bonds. The van der Waals surface area contributed by atoms with Crippen molar-refractivity contribution in [3.63, 3.8) is 0 Å². The molecule has 1 heterocycles. The Balaban J connectivity index is 2.03. The standard InChI is InChI=1S/C13H20N2S/c1-10-11(2)16-7-6-15(10)9-12-4-3-5-13(14)8-12/h3-5,8,10-11H,6-7,9,14H2,1-2H3. The molecule has 2 atom stereocenters. The van der Waals surface area contributed by atoms with E-state index in [0.717, 1.165) is 17.5 Å². The van der Waals surface area contributed by atoms with Crippen molar-refractivity contribution >= 4 is 17.4 Å². The molecule has 1 aromatic carbocycles. The number of rotatable bonds is 2. The molecule has 1 aliphatic rings. The van der Waals surface area contributed by atoms with Gasteiger partial charge < -0.3 is 5.73 Å². The predicted molar refractivity (Wildman–Crippen MR) is 72.6 cm³/mol. The van der Waals surface area contributed by atoms with Crippen molar-refractivity contribution in [3.8, 4) is 0 Å². The first kappa shape index (κ1) is 11.8. The molecule has 1 fully saturated rings. The first-order valence-corrected chi connectivity index (χ1v) is 6.92. The largest absolute Gasteiger partial charge is 0.399 e. The second-order valence-corrected chi connectivity index (χ2v) is 6.02. The van der Waals surface area contributed by atoms with Crippen molar-refractivity contribution in [1.82, 2.24) is 4.90 Å². The van der Waals surface area contributed by atoms with Gasteiger partial charge in [0, 0.05) is 35.8 Å². The van der Waals surface area contributed by atoms with E-state index >= 15 is 0 Å². The number of hydrogen-bond donors (Lipinski definition) is 1. The summed E-state index contributed by atoms with van der Waals surface area (Å²) in [6.07, 6.45) is 0. The van der Waals surface area contributed by atoms with Crippen LogP contribution in [0.1, 0.15) is 19.4 Å². The minimum atomic E-state index is 0.653. The maximum atomic E-state index is 5.80. The molecule has 0 aliphatic carbocycles. The maximum absolute atomic E-state index is 5.80.